The van der Waals surface area contributed by atoms with Crippen molar-refractivity contribution in [3.8, 4) is 34.8 Å². The molecule has 1 atom stereocenters. The number of esters is 1. The highest BCUT2D eigenvalue weighted by molar-refractivity contribution is 6.30. The van der Waals surface area contributed by atoms with Crippen molar-refractivity contribution >= 4 is 17.6 Å². The first-order chi connectivity index (χ1) is 19.4. The third kappa shape index (κ3) is 6.99. The van der Waals surface area contributed by atoms with E-state index in [9.17, 15) is 10.1 Å². The van der Waals surface area contributed by atoms with Gasteiger partial charge in [-0.05, 0) is 55.3 Å². The number of nitrogens with zero attached hydrogens (tertiary/aromatic N) is 1. The van der Waals surface area contributed by atoms with E-state index in [-0.39, 0.29) is 23.8 Å². The molecule has 3 aromatic rings. The second-order valence-electron chi connectivity index (χ2n) is 9.04. The molecule has 0 saturated carbocycles. The Hall–Kier alpha value is -4.35. The van der Waals surface area contributed by atoms with Crippen LogP contribution in [-0.4, -0.2) is 25.8 Å². The highest BCUT2D eigenvalue weighted by atomic mass is 35.5. The molecule has 0 amide bonds. The maximum atomic E-state index is 12.4. The molecule has 0 aliphatic carbocycles. The van der Waals surface area contributed by atoms with Crippen LogP contribution in [0.4, 0.5) is 0 Å². The van der Waals surface area contributed by atoms with E-state index in [1.807, 2.05) is 25.1 Å². The van der Waals surface area contributed by atoms with Gasteiger partial charge in [-0.3, -0.25) is 0 Å². The number of nitrogens with two attached hydrogens (primary N) is 1. The number of hydrogen-bond donors (Lipinski definition) is 1. The zero-order valence-electron chi connectivity index (χ0n) is 22.4. The Morgan fingerprint density at radius 2 is 1.85 bits per heavy atom. The maximum Gasteiger partial charge on any atom is 0.349 e. The summed E-state index contributed by atoms with van der Waals surface area (Å²) in [5.41, 5.74) is 7.92. The third-order valence-electron chi connectivity index (χ3n) is 6.18. The molecule has 0 aromatic heterocycles. The molecule has 208 valence electrons. The zero-order chi connectivity index (χ0) is 28.5. The average Bonchev–Trinajstić information content (AvgIpc) is 2.94. The standard InChI is InChI=1S/C31H31ClN2O6/c1-3-5-6-14-37-26-13-10-20(15-28(26)36-4-2)30-24-12-11-23(17-27(24)40-31(34)25(30)18-33)39-29(35)19-38-22-9-7-8-21(32)16-22/h7-13,15-17,30H,3-6,14,19,34H2,1-2H3. The van der Waals surface area contributed by atoms with Crippen LogP contribution in [0.2, 0.25) is 5.02 Å². The van der Waals surface area contributed by atoms with Gasteiger partial charge in [0.15, 0.2) is 18.1 Å². The van der Waals surface area contributed by atoms with Crippen molar-refractivity contribution in [3.63, 3.8) is 0 Å². The summed E-state index contributed by atoms with van der Waals surface area (Å²) in [5, 5.41) is 10.4. The van der Waals surface area contributed by atoms with Crippen molar-refractivity contribution in [2.45, 2.75) is 39.0 Å². The Bertz CT molecular complexity index is 1430. The maximum absolute atomic E-state index is 12.4. The average molecular weight is 563 g/mol. The topological polar surface area (TPSA) is 113 Å². The predicted octanol–water partition coefficient (Wildman–Crippen LogP) is 6.51. The lowest BCUT2D eigenvalue weighted by Gasteiger charge is -2.27. The number of ether oxygens (including phenoxy) is 5. The van der Waals surface area contributed by atoms with Gasteiger partial charge in [-0.15, -0.1) is 0 Å². The minimum atomic E-state index is -0.607. The fraction of sp³-hybridized carbons (Fsp3) is 0.290. The van der Waals surface area contributed by atoms with E-state index in [4.69, 9.17) is 41.0 Å². The van der Waals surface area contributed by atoms with Gasteiger partial charge in [0.05, 0.1) is 19.1 Å². The summed E-state index contributed by atoms with van der Waals surface area (Å²) in [6.07, 6.45) is 3.14. The van der Waals surface area contributed by atoms with E-state index in [2.05, 4.69) is 13.0 Å². The van der Waals surface area contributed by atoms with Gasteiger partial charge in [0.1, 0.15) is 28.9 Å². The van der Waals surface area contributed by atoms with Crippen molar-refractivity contribution in [1.82, 2.24) is 0 Å². The summed E-state index contributed by atoms with van der Waals surface area (Å²) in [4.78, 5) is 12.4. The molecule has 9 heteroatoms. The summed E-state index contributed by atoms with van der Waals surface area (Å²) in [6.45, 7) is 4.78. The number of carbonyl (C=O) groups is 1. The van der Waals surface area contributed by atoms with Gasteiger partial charge in [0.25, 0.3) is 0 Å². The number of unbranched alkanes of at least 4 members (excludes halogenated alkanes) is 2. The van der Waals surface area contributed by atoms with Gasteiger partial charge in [0.2, 0.25) is 5.88 Å². The minimum Gasteiger partial charge on any atom is -0.490 e. The zero-order valence-corrected chi connectivity index (χ0v) is 23.2. The smallest absolute Gasteiger partial charge is 0.349 e. The summed E-state index contributed by atoms with van der Waals surface area (Å²) in [6, 6.07) is 19.5. The van der Waals surface area contributed by atoms with Crippen LogP contribution in [0.5, 0.6) is 28.7 Å². The van der Waals surface area contributed by atoms with E-state index in [0.717, 1.165) is 24.8 Å². The molecule has 1 unspecified atom stereocenters. The number of fused-ring (bicyclic) bond motifs is 1. The second kappa shape index (κ2) is 13.6. The van der Waals surface area contributed by atoms with Gasteiger partial charge in [-0.25, -0.2) is 4.79 Å². The first-order valence-corrected chi connectivity index (χ1v) is 13.5. The molecular formula is C31H31ClN2O6. The molecule has 0 radical (unpaired) electrons. The third-order valence-corrected chi connectivity index (χ3v) is 6.42. The number of nitriles is 1. The lowest BCUT2D eigenvalue weighted by molar-refractivity contribution is -0.136. The minimum absolute atomic E-state index is 0.0226. The van der Waals surface area contributed by atoms with Gasteiger partial charge >= 0.3 is 5.97 Å². The second-order valence-corrected chi connectivity index (χ2v) is 9.48. The summed E-state index contributed by atoms with van der Waals surface area (Å²) >= 11 is 5.95. The number of carbonyl (C=O) groups excluding carboxylic acids is 1. The van der Waals surface area contributed by atoms with Crippen LogP contribution in [0, 0.1) is 11.3 Å². The Morgan fingerprint density at radius 3 is 2.60 bits per heavy atom. The van der Waals surface area contributed by atoms with E-state index >= 15 is 0 Å². The molecule has 3 aromatic carbocycles. The van der Waals surface area contributed by atoms with Crippen molar-refractivity contribution in [2.75, 3.05) is 19.8 Å². The first-order valence-electron chi connectivity index (χ1n) is 13.1. The van der Waals surface area contributed by atoms with Gasteiger partial charge < -0.3 is 29.4 Å². The van der Waals surface area contributed by atoms with Crippen molar-refractivity contribution in [2.24, 2.45) is 5.73 Å². The van der Waals surface area contributed by atoms with Crippen molar-refractivity contribution < 1.29 is 28.5 Å². The monoisotopic (exact) mass is 562 g/mol. The van der Waals surface area contributed by atoms with Crippen molar-refractivity contribution in [3.05, 3.63) is 88.3 Å². The van der Waals surface area contributed by atoms with Gasteiger partial charge in [-0.2, -0.15) is 5.26 Å². The number of hydrogen-bond acceptors (Lipinski definition) is 8. The number of benzene rings is 3. The molecule has 1 aliphatic rings. The molecule has 1 heterocycles. The van der Waals surface area contributed by atoms with E-state index in [1.54, 1.807) is 42.5 Å². The highest BCUT2D eigenvalue weighted by Crippen LogP contribution is 2.45. The fourth-order valence-electron chi connectivity index (χ4n) is 4.33. The highest BCUT2D eigenvalue weighted by Gasteiger charge is 2.32. The quantitative estimate of drug-likeness (QED) is 0.151. The molecule has 8 nitrogen and oxygen atoms in total. The molecule has 0 fully saturated rings. The van der Waals surface area contributed by atoms with Crippen LogP contribution in [-0.2, 0) is 4.79 Å². The van der Waals surface area contributed by atoms with Crippen LogP contribution in [0.25, 0.3) is 0 Å². The Kier molecular flexibility index (Phi) is 9.76. The lowest BCUT2D eigenvalue weighted by Crippen LogP contribution is -2.22. The molecule has 1 aliphatic heterocycles. The van der Waals surface area contributed by atoms with E-state index < -0.39 is 11.9 Å². The fourth-order valence-corrected chi connectivity index (χ4v) is 4.51. The molecule has 4 rings (SSSR count). The van der Waals surface area contributed by atoms with Crippen LogP contribution < -0.4 is 29.4 Å². The van der Waals surface area contributed by atoms with Crippen LogP contribution in [0.3, 0.4) is 0 Å². The Balaban J connectivity index is 1.56. The van der Waals surface area contributed by atoms with Crippen LogP contribution >= 0.6 is 11.6 Å². The van der Waals surface area contributed by atoms with Gasteiger partial charge in [-0.1, -0.05) is 49.6 Å². The first kappa shape index (κ1) is 28.7. The Labute approximate surface area is 238 Å². The van der Waals surface area contributed by atoms with Crippen LogP contribution in [0.1, 0.15) is 50.2 Å². The van der Waals surface area contributed by atoms with E-state index in [1.165, 1.54) is 0 Å². The van der Waals surface area contributed by atoms with Gasteiger partial charge in [0, 0.05) is 16.7 Å². The number of halogens is 1. The summed E-state index contributed by atoms with van der Waals surface area (Å²) in [5.74, 6) is 1.16. The molecule has 2 N–H and O–H groups in total. The summed E-state index contributed by atoms with van der Waals surface area (Å²) in [7, 11) is 0. The summed E-state index contributed by atoms with van der Waals surface area (Å²) < 4.78 is 28.5. The molecule has 0 saturated heterocycles. The molecule has 40 heavy (non-hydrogen) atoms. The van der Waals surface area contributed by atoms with E-state index in [0.29, 0.717) is 46.8 Å². The molecule has 0 spiro atoms. The molecule has 0 bridgehead atoms. The van der Waals surface area contributed by atoms with Crippen molar-refractivity contribution in [1.29, 1.82) is 5.26 Å². The number of allylic oxidation sites excluding steroid dienone is 1. The number of rotatable bonds is 12. The predicted molar refractivity (Wildman–Crippen MR) is 151 cm³/mol. The molecular weight excluding hydrogens is 532 g/mol. The Morgan fingerprint density at radius 1 is 1.00 bits per heavy atom. The SMILES string of the molecule is CCCCCOc1ccc(C2C(C#N)=C(N)Oc3cc(OC(=O)COc4cccc(Cl)c4)ccc32)cc1OCC. The normalized spacial score (nSPS) is 14.0. The van der Waals surface area contributed by atoms with Crippen LogP contribution in [0.15, 0.2) is 72.1 Å². The largest absolute Gasteiger partial charge is 0.490 e. The lowest BCUT2D eigenvalue weighted by atomic mass is 9.83.